The van der Waals surface area contributed by atoms with Crippen LogP contribution in [0.4, 0.5) is 4.39 Å². The van der Waals surface area contributed by atoms with Crippen molar-refractivity contribution in [3.05, 3.63) is 34.6 Å². The van der Waals surface area contributed by atoms with E-state index in [2.05, 4.69) is 10.6 Å². The summed E-state index contributed by atoms with van der Waals surface area (Å²) < 4.78 is 13.3. The summed E-state index contributed by atoms with van der Waals surface area (Å²) in [5.74, 6) is -0.416. The predicted molar refractivity (Wildman–Crippen MR) is 59.8 cm³/mol. The molecule has 16 heavy (non-hydrogen) atoms. The number of rotatable bonds is 1. The Morgan fingerprint density at radius 3 is 3.00 bits per heavy atom. The van der Waals surface area contributed by atoms with Crippen LogP contribution in [0.2, 0.25) is 5.02 Å². The van der Waals surface area contributed by atoms with Gasteiger partial charge >= 0.3 is 0 Å². The maximum Gasteiger partial charge on any atom is 0.221 e. The van der Waals surface area contributed by atoms with Crippen LogP contribution in [-0.2, 0) is 4.79 Å². The number of nitrogens with one attached hydrogen (secondary N) is 2. The lowest BCUT2D eigenvalue weighted by atomic mass is 10.1. The lowest BCUT2D eigenvalue weighted by Crippen LogP contribution is -2.28. The molecule has 0 saturated carbocycles. The van der Waals surface area contributed by atoms with Crippen molar-refractivity contribution >= 4 is 17.5 Å². The minimum atomic E-state index is -0.434. The topological polar surface area (TPSA) is 41.1 Å². The first-order chi connectivity index (χ1) is 7.66. The molecule has 3 nitrogen and oxygen atoms in total. The van der Waals surface area contributed by atoms with Gasteiger partial charge in [-0.15, -0.1) is 0 Å². The summed E-state index contributed by atoms with van der Waals surface area (Å²) in [5, 5.41) is 6.06. The fourth-order valence-corrected chi connectivity index (χ4v) is 1.82. The first kappa shape index (κ1) is 11.4. The highest BCUT2D eigenvalue weighted by Crippen LogP contribution is 2.20. The quantitative estimate of drug-likeness (QED) is 0.786. The monoisotopic (exact) mass is 242 g/mol. The summed E-state index contributed by atoms with van der Waals surface area (Å²) in [6.07, 6.45) is 0.451. The van der Waals surface area contributed by atoms with Gasteiger partial charge in [0.05, 0.1) is 5.02 Å². The Labute approximate surface area is 98.0 Å². The number of halogens is 2. The molecule has 1 aromatic rings. The van der Waals surface area contributed by atoms with E-state index in [0.29, 0.717) is 19.5 Å². The second-order valence-corrected chi connectivity index (χ2v) is 4.14. The van der Waals surface area contributed by atoms with Crippen molar-refractivity contribution in [3.63, 3.8) is 0 Å². The number of hydrogen-bond donors (Lipinski definition) is 2. The highest BCUT2D eigenvalue weighted by atomic mass is 35.5. The van der Waals surface area contributed by atoms with Crippen LogP contribution in [0.1, 0.15) is 18.0 Å². The van der Waals surface area contributed by atoms with Gasteiger partial charge in [0.2, 0.25) is 5.91 Å². The van der Waals surface area contributed by atoms with E-state index in [1.165, 1.54) is 12.1 Å². The lowest BCUT2D eigenvalue weighted by Gasteiger charge is -2.16. The predicted octanol–water partition coefficient (Wildman–Crippen LogP) is 1.63. The minimum absolute atomic E-state index is 0.0180. The third-order valence-corrected chi connectivity index (χ3v) is 2.90. The van der Waals surface area contributed by atoms with Crippen LogP contribution in [0, 0.1) is 5.82 Å². The zero-order chi connectivity index (χ0) is 11.5. The van der Waals surface area contributed by atoms with Crippen molar-refractivity contribution in [1.29, 1.82) is 0 Å². The molecule has 1 fully saturated rings. The molecule has 1 heterocycles. The van der Waals surface area contributed by atoms with E-state index >= 15 is 0 Å². The van der Waals surface area contributed by atoms with Gasteiger partial charge in [0.1, 0.15) is 5.82 Å². The third kappa shape index (κ3) is 2.51. The summed E-state index contributed by atoms with van der Waals surface area (Å²) in [7, 11) is 0. The molecule has 2 N–H and O–H groups in total. The van der Waals surface area contributed by atoms with E-state index in [-0.39, 0.29) is 17.0 Å². The molecule has 1 aliphatic rings. The number of carbonyl (C=O) groups excluding carboxylic acids is 1. The number of amides is 1. The molecule has 5 heteroatoms. The Kier molecular flexibility index (Phi) is 3.41. The van der Waals surface area contributed by atoms with Crippen molar-refractivity contribution in [1.82, 2.24) is 10.6 Å². The molecule has 1 aliphatic heterocycles. The highest BCUT2D eigenvalue weighted by Gasteiger charge is 2.17. The maximum atomic E-state index is 13.3. The third-order valence-electron chi connectivity index (χ3n) is 2.59. The summed E-state index contributed by atoms with van der Waals surface area (Å²) in [6.45, 7) is 1.07. The summed E-state index contributed by atoms with van der Waals surface area (Å²) in [5.41, 5.74) is 0.795. The van der Waals surface area contributed by atoms with E-state index in [4.69, 9.17) is 11.6 Å². The van der Waals surface area contributed by atoms with Crippen molar-refractivity contribution < 1.29 is 9.18 Å². The van der Waals surface area contributed by atoms with E-state index in [9.17, 15) is 9.18 Å². The molecule has 1 atom stereocenters. The standard InChI is InChI=1S/C11H12ClFN2O/c12-8-2-1-7(5-9(8)13)10-6-15-11(16)3-4-14-10/h1-2,5,10,14H,3-4,6H2,(H,15,16). The smallest absolute Gasteiger partial charge is 0.221 e. The Bertz CT molecular complexity index is 411. The van der Waals surface area contributed by atoms with Gasteiger partial charge in [-0.25, -0.2) is 4.39 Å². The largest absolute Gasteiger partial charge is 0.354 e. The van der Waals surface area contributed by atoms with E-state index in [1.807, 2.05) is 0 Å². The van der Waals surface area contributed by atoms with Crippen LogP contribution in [0.15, 0.2) is 18.2 Å². The summed E-state index contributed by atoms with van der Waals surface area (Å²) in [4.78, 5) is 11.1. The van der Waals surface area contributed by atoms with Gasteiger partial charge < -0.3 is 10.6 Å². The molecule has 0 aliphatic carbocycles. The zero-order valence-electron chi connectivity index (χ0n) is 8.59. The van der Waals surface area contributed by atoms with Crippen LogP contribution in [0.25, 0.3) is 0 Å². The van der Waals surface area contributed by atoms with Crippen LogP contribution in [0.5, 0.6) is 0 Å². The van der Waals surface area contributed by atoms with Crippen LogP contribution in [0.3, 0.4) is 0 Å². The maximum absolute atomic E-state index is 13.3. The van der Waals surface area contributed by atoms with Gasteiger partial charge in [0, 0.05) is 25.6 Å². The van der Waals surface area contributed by atoms with Crippen molar-refractivity contribution in [2.24, 2.45) is 0 Å². The van der Waals surface area contributed by atoms with Crippen molar-refractivity contribution in [2.45, 2.75) is 12.5 Å². The second-order valence-electron chi connectivity index (χ2n) is 3.73. The molecule has 86 valence electrons. The molecule has 1 saturated heterocycles. The molecule has 0 bridgehead atoms. The number of hydrogen-bond acceptors (Lipinski definition) is 2. The van der Waals surface area contributed by atoms with Gasteiger partial charge in [0.25, 0.3) is 0 Å². The Hall–Kier alpha value is -1.13. The summed E-state index contributed by atoms with van der Waals surface area (Å²) in [6, 6.07) is 4.64. The molecule has 1 unspecified atom stereocenters. The average Bonchev–Trinajstić information content (AvgIpc) is 2.47. The summed E-state index contributed by atoms with van der Waals surface area (Å²) >= 11 is 5.61. The second kappa shape index (κ2) is 4.80. The van der Waals surface area contributed by atoms with Crippen molar-refractivity contribution in [3.8, 4) is 0 Å². The van der Waals surface area contributed by atoms with Gasteiger partial charge in [-0.1, -0.05) is 17.7 Å². The first-order valence-electron chi connectivity index (χ1n) is 5.12. The Balaban J connectivity index is 2.16. The molecular weight excluding hydrogens is 231 g/mol. The van der Waals surface area contributed by atoms with E-state index in [0.717, 1.165) is 5.56 Å². The van der Waals surface area contributed by atoms with E-state index < -0.39 is 5.82 Å². The number of benzene rings is 1. The van der Waals surface area contributed by atoms with Gasteiger partial charge in [0.15, 0.2) is 0 Å². The Morgan fingerprint density at radius 1 is 1.44 bits per heavy atom. The van der Waals surface area contributed by atoms with E-state index in [1.54, 1.807) is 6.07 Å². The highest BCUT2D eigenvalue weighted by molar-refractivity contribution is 6.30. The fourth-order valence-electron chi connectivity index (χ4n) is 1.70. The van der Waals surface area contributed by atoms with Crippen molar-refractivity contribution in [2.75, 3.05) is 13.1 Å². The van der Waals surface area contributed by atoms with Crippen LogP contribution >= 0.6 is 11.6 Å². The first-order valence-corrected chi connectivity index (χ1v) is 5.49. The molecule has 1 amide bonds. The normalized spacial score (nSPS) is 21.4. The fraction of sp³-hybridized carbons (Fsp3) is 0.364. The Morgan fingerprint density at radius 2 is 2.25 bits per heavy atom. The van der Waals surface area contributed by atoms with Crippen LogP contribution in [-0.4, -0.2) is 19.0 Å². The van der Waals surface area contributed by atoms with Crippen LogP contribution < -0.4 is 10.6 Å². The van der Waals surface area contributed by atoms with Gasteiger partial charge in [-0.3, -0.25) is 4.79 Å². The lowest BCUT2D eigenvalue weighted by molar-refractivity contribution is -0.120. The SMILES string of the molecule is O=C1CCNC(c2ccc(Cl)c(F)c2)CN1. The average molecular weight is 243 g/mol. The molecular formula is C11H12ClFN2O. The minimum Gasteiger partial charge on any atom is -0.354 e. The molecule has 1 aromatic carbocycles. The zero-order valence-corrected chi connectivity index (χ0v) is 9.35. The number of carbonyl (C=O) groups is 1. The van der Waals surface area contributed by atoms with Gasteiger partial charge in [-0.05, 0) is 17.7 Å². The molecule has 2 rings (SSSR count). The molecule has 0 spiro atoms. The molecule has 0 aromatic heterocycles. The van der Waals surface area contributed by atoms with Gasteiger partial charge in [-0.2, -0.15) is 0 Å². The molecule has 0 radical (unpaired) electrons.